The molecule has 22 heavy (non-hydrogen) atoms. The zero-order chi connectivity index (χ0) is 16.5. The van der Waals surface area contributed by atoms with Crippen molar-refractivity contribution in [1.29, 1.82) is 0 Å². The number of ether oxygens (including phenoxy) is 1. The number of carbonyl (C=O) groups excluding carboxylic acids is 1. The van der Waals surface area contributed by atoms with Crippen LogP contribution in [0.4, 0.5) is 4.79 Å². The van der Waals surface area contributed by atoms with Gasteiger partial charge in [0.05, 0.1) is 6.20 Å². The Balaban J connectivity index is 2.27. The van der Waals surface area contributed by atoms with Gasteiger partial charge >= 0.3 is 12.1 Å². The number of hydrogen-bond acceptors (Lipinski definition) is 6. The highest BCUT2D eigenvalue weighted by Gasteiger charge is 2.21. The van der Waals surface area contributed by atoms with E-state index < -0.39 is 23.7 Å². The van der Waals surface area contributed by atoms with Crippen LogP contribution in [0.3, 0.4) is 0 Å². The molecule has 1 atom stereocenters. The summed E-state index contributed by atoms with van der Waals surface area (Å²) in [6, 6.07) is 0.707. The number of carboxylic acids is 1. The predicted molar refractivity (Wildman–Crippen MR) is 78.5 cm³/mol. The maximum atomic E-state index is 12.0. The summed E-state index contributed by atoms with van der Waals surface area (Å²) in [7, 11) is 0. The van der Waals surface area contributed by atoms with Gasteiger partial charge in [0.1, 0.15) is 11.6 Å². The van der Waals surface area contributed by atoms with E-state index in [1.165, 1.54) is 12.4 Å². The van der Waals surface area contributed by atoms with Gasteiger partial charge in [-0.05, 0) is 38.8 Å². The Morgan fingerprint density at radius 2 is 2.09 bits per heavy atom. The predicted octanol–water partition coefficient (Wildman–Crippen LogP) is 1.17. The summed E-state index contributed by atoms with van der Waals surface area (Å²) in [5, 5.41) is 13.4. The number of aliphatic carboxylic acids is 1. The van der Waals surface area contributed by atoms with E-state index in [0.29, 0.717) is 16.6 Å². The van der Waals surface area contributed by atoms with Crippen molar-refractivity contribution in [1.82, 2.24) is 14.8 Å². The highest BCUT2D eigenvalue weighted by molar-refractivity contribution is 5.85. The summed E-state index contributed by atoms with van der Waals surface area (Å²) in [6.45, 7) is 5.28. The molecule has 0 aromatic carbocycles. The smallest absolute Gasteiger partial charge is 0.437 e. The summed E-state index contributed by atoms with van der Waals surface area (Å²) in [5.41, 5.74) is 5.87. The number of rotatable bonds is 3. The third-order valence-corrected chi connectivity index (χ3v) is 2.80. The Labute approximate surface area is 126 Å². The number of carboxylic acid groups (broad SMARTS) is 1. The molecule has 118 valence electrons. The van der Waals surface area contributed by atoms with Crippen LogP contribution in [0.25, 0.3) is 11.0 Å². The molecule has 3 N–H and O–H groups in total. The Morgan fingerprint density at radius 1 is 1.41 bits per heavy atom. The van der Waals surface area contributed by atoms with Crippen LogP contribution in [-0.2, 0) is 16.0 Å². The zero-order valence-electron chi connectivity index (χ0n) is 12.6. The maximum Gasteiger partial charge on any atom is 0.437 e. The lowest BCUT2D eigenvalue weighted by Crippen LogP contribution is -2.32. The van der Waals surface area contributed by atoms with Crippen LogP contribution in [0.1, 0.15) is 26.3 Å². The molecular formula is C14H18N4O4. The van der Waals surface area contributed by atoms with E-state index in [4.69, 9.17) is 15.6 Å². The number of nitrogens with two attached hydrogens (primary N) is 1. The van der Waals surface area contributed by atoms with Crippen LogP contribution >= 0.6 is 0 Å². The first-order valence-electron chi connectivity index (χ1n) is 6.72. The second-order valence-electron chi connectivity index (χ2n) is 5.94. The molecule has 1 unspecified atom stereocenters. The molecule has 0 saturated heterocycles. The van der Waals surface area contributed by atoms with Crippen LogP contribution in [0.5, 0.6) is 0 Å². The SMILES string of the molecule is CC(C)(C)OC(=O)n1ncc2cc(CC(N)C(=O)O)cnc21. The van der Waals surface area contributed by atoms with Gasteiger partial charge in [0, 0.05) is 11.6 Å². The molecule has 8 heteroatoms. The summed E-state index contributed by atoms with van der Waals surface area (Å²) >= 11 is 0. The van der Waals surface area contributed by atoms with Crippen LogP contribution in [0, 0.1) is 0 Å². The average Bonchev–Trinajstić information content (AvgIpc) is 2.79. The van der Waals surface area contributed by atoms with E-state index >= 15 is 0 Å². The third-order valence-electron chi connectivity index (χ3n) is 2.80. The van der Waals surface area contributed by atoms with Crippen LogP contribution in [0.2, 0.25) is 0 Å². The molecule has 0 radical (unpaired) electrons. The lowest BCUT2D eigenvalue weighted by Gasteiger charge is -2.18. The van der Waals surface area contributed by atoms with Crippen molar-refractivity contribution < 1.29 is 19.4 Å². The molecular weight excluding hydrogens is 288 g/mol. The molecule has 0 aliphatic carbocycles. The van der Waals surface area contributed by atoms with Gasteiger partial charge in [-0.2, -0.15) is 5.10 Å². The molecule has 2 heterocycles. The number of pyridine rings is 1. The average molecular weight is 306 g/mol. The lowest BCUT2D eigenvalue weighted by molar-refractivity contribution is -0.138. The van der Waals surface area contributed by atoms with Crippen LogP contribution < -0.4 is 5.73 Å². The standard InChI is InChI=1S/C14H18N4O4/c1-14(2,3)22-13(21)18-11-9(7-17-18)4-8(6-16-11)5-10(15)12(19)20/h4,6-7,10H,5,15H2,1-3H3,(H,19,20). The fraction of sp³-hybridized carbons (Fsp3) is 0.429. The van der Waals surface area contributed by atoms with Crippen LogP contribution in [-0.4, -0.2) is 43.6 Å². The molecule has 0 bridgehead atoms. The largest absolute Gasteiger partial charge is 0.480 e. The molecule has 2 rings (SSSR count). The quantitative estimate of drug-likeness (QED) is 0.873. The van der Waals surface area contributed by atoms with Gasteiger partial charge in [-0.25, -0.2) is 9.78 Å². The number of fused-ring (bicyclic) bond motifs is 1. The number of aromatic nitrogens is 3. The van der Waals surface area contributed by atoms with E-state index in [2.05, 4.69) is 10.1 Å². The maximum absolute atomic E-state index is 12.0. The molecule has 2 aromatic heterocycles. The summed E-state index contributed by atoms with van der Waals surface area (Å²) in [4.78, 5) is 27.0. The van der Waals surface area contributed by atoms with Gasteiger partial charge in [-0.1, -0.05) is 0 Å². The van der Waals surface area contributed by atoms with Crippen molar-refractivity contribution in [3.05, 3.63) is 24.0 Å². The minimum Gasteiger partial charge on any atom is -0.480 e. The van der Waals surface area contributed by atoms with Crippen molar-refractivity contribution in [3.63, 3.8) is 0 Å². The van der Waals surface area contributed by atoms with Crippen molar-refractivity contribution in [2.24, 2.45) is 5.73 Å². The first-order valence-corrected chi connectivity index (χ1v) is 6.72. The third kappa shape index (κ3) is 3.59. The molecule has 0 amide bonds. The molecule has 8 nitrogen and oxygen atoms in total. The van der Waals surface area contributed by atoms with Crippen LogP contribution in [0.15, 0.2) is 18.5 Å². The first-order chi connectivity index (χ1) is 10.2. The summed E-state index contributed by atoms with van der Waals surface area (Å²) in [6.07, 6.45) is 2.48. The molecule has 0 spiro atoms. The van der Waals surface area contributed by atoms with E-state index in [1.54, 1.807) is 26.8 Å². The Kier molecular flexibility index (Phi) is 4.14. The van der Waals surface area contributed by atoms with E-state index in [-0.39, 0.29) is 6.42 Å². The summed E-state index contributed by atoms with van der Waals surface area (Å²) in [5.74, 6) is -1.08. The zero-order valence-corrected chi connectivity index (χ0v) is 12.6. The van der Waals surface area contributed by atoms with E-state index in [9.17, 15) is 9.59 Å². The Bertz CT molecular complexity index is 717. The lowest BCUT2D eigenvalue weighted by atomic mass is 10.1. The first kappa shape index (κ1) is 15.9. The second kappa shape index (κ2) is 5.72. The normalized spacial score (nSPS) is 13.1. The molecule has 0 aliphatic rings. The number of nitrogens with zero attached hydrogens (tertiary/aromatic N) is 3. The van der Waals surface area contributed by atoms with Gasteiger partial charge in [-0.3, -0.25) is 4.79 Å². The monoisotopic (exact) mass is 306 g/mol. The minimum atomic E-state index is -1.08. The van der Waals surface area contributed by atoms with Gasteiger partial charge < -0.3 is 15.6 Å². The molecule has 2 aromatic rings. The topological polar surface area (TPSA) is 120 Å². The summed E-state index contributed by atoms with van der Waals surface area (Å²) < 4.78 is 6.31. The van der Waals surface area contributed by atoms with Crippen molar-refractivity contribution in [3.8, 4) is 0 Å². The minimum absolute atomic E-state index is 0.149. The number of carbonyl (C=O) groups is 2. The van der Waals surface area contributed by atoms with E-state index in [0.717, 1.165) is 4.68 Å². The number of hydrogen-bond donors (Lipinski definition) is 2. The highest BCUT2D eigenvalue weighted by Crippen LogP contribution is 2.16. The van der Waals surface area contributed by atoms with Gasteiger partial charge in [0.15, 0.2) is 5.65 Å². The van der Waals surface area contributed by atoms with Crippen molar-refractivity contribution >= 4 is 23.1 Å². The fourth-order valence-electron chi connectivity index (χ4n) is 1.86. The highest BCUT2D eigenvalue weighted by atomic mass is 16.6. The molecule has 0 saturated carbocycles. The molecule has 0 aliphatic heterocycles. The van der Waals surface area contributed by atoms with Gasteiger partial charge in [-0.15, -0.1) is 4.68 Å². The van der Waals surface area contributed by atoms with Crippen molar-refractivity contribution in [2.75, 3.05) is 0 Å². The van der Waals surface area contributed by atoms with Gasteiger partial charge in [0.2, 0.25) is 0 Å². The fourth-order valence-corrected chi connectivity index (χ4v) is 1.86. The Hall–Kier alpha value is -2.48. The van der Waals surface area contributed by atoms with E-state index in [1.807, 2.05) is 0 Å². The molecule has 0 fully saturated rings. The van der Waals surface area contributed by atoms with Crippen molar-refractivity contribution in [2.45, 2.75) is 38.8 Å². The Morgan fingerprint density at radius 3 is 2.68 bits per heavy atom. The van der Waals surface area contributed by atoms with Gasteiger partial charge in [0.25, 0.3) is 0 Å². The second-order valence-corrected chi connectivity index (χ2v) is 5.94.